The number of amides is 4. The van der Waals surface area contributed by atoms with E-state index in [2.05, 4.69) is 10.6 Å². The number of likely N-dealkylation sites (N-methyl/N-ethyl adjacent to an activating group) is 2. The zero-order valence-electron chi connectivity index (χ0n) is 34.0. The molecule has 4 amide bonds. The largest absolute Gasteiger partial charge is 0.480 e. The van der Waals surface area contributed by atoms with Gasteiger partial charge in [0.1, 0.15) is 12.1 Å². The summed E-state index contributed by atoms with van der Waals surface area (Å²) in [7, 11) is 6.64. The zero-order valence-corrected chi connectivity index (χ0v) is 34.0. The molecule has 0 bridgehead atoms. The Bertz CT molecular complexity index is 1330. The van der Waals surface area contributed by atoms with Crippen molar-refractivity contribution in [2.75, 3.05) is 41.4 Å². The van der Waals surface area contributed by atoms with Crippen LogP contribution in [0.5, 0.6) is 0 Å². The molecule has 0 aliphatic carbocycles. The lowest BCUT2D eigenvalue weighted by Gasteiger charge is -2.39. The van der Waals surface area contributed by atoms with Crippen molar-refractivity contribution in [2.45, 2.75) is 129 Å². The first-order valence-electron chi connectivity index (χ1n) is 19.2. The highest BCUT2D eigenvalue weighted by Crippen LogP contribution is 2.29. The van der Waals surface area contributed by atoms with Crippen molar-refractivity contribution < 1.29 is 38.6 Å². The Balaban J connectivity index is 2.23. The molecule has 2 rings (SSSR count). The van der Waals surface area contributed by atoms with Crippen LogP contribution in [-0.2, 0) is 39.9 Å². The van der Waals surface area contributed by atoms with Gasteiger partial charge in [-0.25, -0.2) is 4.79 Å². The second kappa shape index (κ2) is 22.0. The van der Waals surface area contributed by atoms with Crippen LogP contribution in [0.2, 0.25) is 0 Å². The molecule has 1 aromatic carbocycles. The van der Waals surface area contributed by atoms with Gasteiger partial charge in [-0.2, -0.15) is 0 Å². The van der Waals surface area contributed by atoms with Crippen LogP contribution >= 0.6 is 0 Å². The summed E-state index contributed by atoms with van der Waals surface area (Å²) in [6.45, 7) is 14.6. The normalized spacial score (nSPS) is 18.6. The second-order valence-electron chi connectivity index (χ2n) is 15.2. The molecule has 0 aromatic heterocycles. The highest BCUT2D eigenvalue weighted by molar-refractivity contribution is 5.90. The predicted molar refractivity (Wildman–Crippen MR) is 205 cm³/mol. The number of carbonyl (C=O) groups is 5. The van der Waals surface area contributed by atoms with E-state index in [9.17, 15) is 29.1 Å². The van der Waals surface area contributed by atoms with Crippen LogP contribution in [0.25, 0.3) is 0 Å². The number of carboxylic acid groups (broad SMARTS) is 1. The number of nitrogens with zero attached hydrogens (tertiary/aromatic N) is 3. The number of hydrogen-bond acceptors (Lipinski definition) is 8. The molecule has 1 aromatic rings. The lowest BCUT2D eigenvalue weighted by Crippen LogP contribution is -2.59. The molecule has 300 valence electrons. The van der Waals surface area contributed by atoms with Crippen LogP contribution in [0.3, 0.4) is 0 Å². The van der Waals surface area contributed by atoms with E-state index in [0.717, 1.165) is 12.0 Å². The van der Waals surface area contributed by atoms with Crippen LogP contribution in [0.15, 0.2) is 30.3 Å². The molecule has 0 saturated carbocycles. The number of methoxy groups -OCH3 is 2. The van der Waals surface area contributed by atoms with E-state index in [1.165, 1.54) is 14.2 Å². The van der Waals surface area contributed by atoms with Gasteiger partial charge in [0.15, 0.2) is 0 Å². The van der Waals surface area contributed by atoms with Gasteiger partial charge in [0, 0.05) is 34.2 Å². The maximum absolute atomic E-state index is 14.1. The standard InChI is InChI=1S/C40H67N5O8/c1-12-18-30(44(9)39(49)34(25(3)4)42-38(48)35(26(5)6)43(8)13-2)32(52-10)24-33(46)45-22-17-21-31(45)36(53-11)27(7)37(47)41-29(40(50)51)23-28-19-15-14-16-20-28/h14-16,19-20,25-27,29-32,34-36H,12-13,17-18,21-24H2,1-11H3,(H,41,47)(H,42,48)(H,50,51)/t27-,29+,30+,31+,32-,34+,35+,36-/m1/s1. The van der Waals surface area contributed by atoms with E-state index >= 15 is 0 Å². The molecule has 0 radical (unpaired) electrons. The zero-order chi connectivity index (χ0) is 40.0. The molecular weight excluding hydrogens is 678 g/mol. The Kier molecular flexibility index (Phi) is 18.9. The van der Waals surface area contributed by atoms with E-state index in [-0.39, 0.29) is 48.4 Å². The van der Waals surface area contributed by atoms with Crippen LogP contribution in [-0.4, -0.2) is 133 Å². The maximum atomic E-state index is 14.1. The maximum Gasteiger partial charge on any atom is 0.326 e. The average Bonchev–Trinajstić information content (AvgIpc) is 3.61. The van der Waals surface area contributed by atoms with Crippen molar-refractivity contribution >= 4 is 29.6 Å². The van der Waals surface area contributed by atoms with Gasteiger partial charge in [-0.05, 0) is 50.3 Å². The van der Waals surface area contributed by atoms with Crippen molar-refractivity contribution in [2.24, 2.45) is 17.8 Å². The van der Waals surface area contributed by atoms with E-state index in [1.807, 2.05) is 83.8 Å². The molecule has 1 saturated heterocycles. The number of aliphatic carboxylic acids is 1. The van der Waals surface area contributed by atoms with Crippen LogP contribution < -0.4 is 10.6 Å². The van der Waals surface area contributed by atoms with Crippen molar-refractivity contribution in [1.29, 1.82) is 0 Å². The number of ether oxygens (including phenoxy) is 2. The monoisotopic (exact) mass is 745 g/mol. The summed E-state index contributed by atoms with van der Waals surface area (Å²) in [6, 6.07) is 5.97. The van der Waals surface area contributed by atoms with Gasteiger partial charge >= 0.3 is 5.97 Å². The fraction of sp³-hybridized carbons (Fsp3) is 0.725. The smallest absolute Gasteiger partial charge is 0.326 e. The van der Waals surface area contributed by atoms with Crippen LogP contribution in [0.1, 0.15) is 86.1 Å². The van der Waals surface area contributed by atoms with Gasteiger partial charge in [0.05, 0.1) is 42.7 Å². The molecule has 1 aliphatic rings. The summed E-state index contributed by atoms with van der Waals surface area (Å²) in [4.78, 5) is 72.6. The lowest BCUT2D eigenvalue weighted by atomic mass is 9.93. The van der Waals surface area contributed by atoms with Gasteiger partial charge in [0.2, 0.25) is 23.6 Å². The third-order valence-electron chi connectivity index (χ3n) is 10.7. The Hall–Kier alpha value is -3.55. The minimum Gasteiger partial charge on any atom is -0.480 e. The Morgan fingerprint density at radius 2 is 1.57 bits per heavy atom. The molecule has 1 aliphatic heterocycles. The first-order chi connectivity index (χ1) is 25.0. The number of benzene rings is 1. The van der Waals surface area contributed by atoms with Gasteiger partial charge in [-0.15, -0.1) is 0 Å². The van der Waals surface area contributed by atoms with E-state index < -0.39 is 54.2 Å². The Labute approximate surface area is 317 Å². The number of carbonyl (C=O) groups excluding carboxylic acids is 4. The second-order valence-corrected chi connectivity index (χ2v) is 15.2. The fourth-order valence-electron chi connectivity index (χ4n) is 7.57. The minimum atomic E-state index is -1.14. The van der Waals surface area contributed by atoms with E-state index in [0.29, 0.717) is 32.4 Å². The Morgan fingerprint density at radius 3 is 2.08 bits per heavy atom. The summed E-state index contributed by atoms with van der Waals surface area (Å²) >= 11 is 0. The minimum absolute atomic E-state index is 0.000114. The molecule has 8 atom stereocenters. The van der Waals surface area contributed by atoms with Gasteiger partial charge in [-0.1, -0.05) is 85.2 Å². The third kappa shape index (κ3) is 12.5. The van der Waals surface area contributed by atoms with Gasteiger partial charge in [0.25, 0.3) is 0 Å². The first-order valence-corrected chi connectivity index (χ1v) is 19.2. The quantitative estimate of drug-likeness (QED) is 0.161. The van der Waals surface area contributed by atoms with Gasteiger partial charge < -0.3 is 35.0 Å². The lowest BCUT2D eigenvalue weighted by molar-refractivity contribution is -0.147. The van der Waals surface area contributed by atoms with Crippen molar-refractivity contribution in [1.82, 2.24) is 25.3 Å². The fourth-order valence-corrected chi connectivity index (χ4v) is 7.57. The summed E-state index contributed by atoms with van der Waals surface area (Å²) < 4.78 is 11.8. The molecule has 1 fully saturated rings. The van der Waals surface area contributed by atoms with Crippen LogP contribution in [0, 0.1) is 17.8 Å². The van der Waals surface area contributed by atoms with Crippen molar-refractivity contribution in [3.63, 3.8) is 0 Å². The molecule has 53 heavy (non-hydrogen) atoms. The third-order valence-corrected chi connectivity index (χ3v) is 10.7. The molecule has 13 nitrogen and oxygen atoms in total. The molecule has 0 spiro atoms. The number of nitrogens with one attached hydrogen (secondary N) is 2. The van der Waals surface area contributed by atoms with E-state index in [1.54, 1.807) is 23.8 Å². The summed E-state index contributed by atoms with van der Waals surface area (Å²) in [6.07, 6.45) is 1.46. The van der Waals surface area contributed by atoms with Crippen LogP contribution in [0.4, 0.5) is 0 Å². The Morgan fingerprint density at radius 1 is 0.925 bits per heavy atom. The molecule has 1 heterocycles. The number of hydrogen-bond donors (Lipinski definition) is 3. The highest BCUT2D eigenvalue weighted by atomic mass is 16.5. The number of carboxylic acids is 1. The SMILES string of the molecule is CCC[C@@H]([C@@H](CC(=O)N1CCC[C@H]1[C@H](OC)[C@@H](C)C(=O)N[C@@H](Cc1ccccc1)C(=O)O)OC)N(C)C(=O)[C@@H](NC(=O)[C@H](C(C)C)N(C)CC)C(C)C. The van der Waals surface area contributed by atoms with Gasteiger partial charge in [-0.3, -0.25) is 24.1 Å². The number of rotatable bonds is 22. The molecule has 0 unspecified atom stereocenters. The molecule has 13 heteroatoms. The average molecular weight is 746 g/mol. The number of likely N-dealkylation sites (tertiary alicyclic amines) is 1. The summed E-state index contributed by atoms with van der Waals surface area (Å²) in [5.74, 6) is -3.11. The first kappa shape index (κ1) is 45.6. The highest BCUT2D eigenvalue weighted by Gasteiger charge is 2.42. The topological polar surface area (TPSA) is 158 Å². The van der Waals surface area contributed by atoms with E-state index in [4.69, 9.17) is 9.47 Å². The molecular formula is C40H67N5O8. The predicted octanol–water partition coefficient (Wildman–Crippen LogP) is 3.59. The summed E-state index contributed by atoms with van der Waals surface area (Å²) in [5, 5.41) is 15.6. The molecule has 3 N–H and O–H groups in total. The van der Waals surface area contributed by atoms with Crippen molar-refractivity contribution in [3.8, 4) is 0 Å². The summed E-state index contributed by atoms with van der Waals surface area (Å²) in [5.41, 5.74) is 0.786. The van der Waals surface area contributed by atoms with Crippen molar-refractivity contribution in [3.05, 3.63) is 35.9 Å².